The molecule has 22 heavy (non-hydrogen) atoms. The first kappa shape index (κ1) is 20.5. The zero-order chi connectivity index (χ0) is 16.5. The summed E-state index contributed by atoms with van der Waals surface area (Å²) in [5.74, 6) is -1.80. The number of hydrogen-bond acceptors (Lipinski definition) is 3. The fraction of sp³-hybridized carbons (Fsp3) is 0.611. The van der Waals surface area contributed by atoms with Gasteiger partial charge in [0, 0.05) is 0 Å². The van der Waals surface area contributed by atoms with Crippen LogP contribution in [-0.4, -0.2) is 16.3 Å². The number of carboxylic acid groups (broad SMARTS) is 1. The lowest BCUT2D eigenvalue weighted by molar-refractivity contribution is -0.210. The van der Waals surface area contributed by atoms with Crippen molar-refractivity contribution >= 4 is 5.97 Å². The van der Waals surface area contributed by atoms with Gasteiger partial charge in [-0.1, -0.05) is 82.6 Å². The van der Waals surface area contributed by atoms with Crippen LogP contribution in [0.2, 0.25) is 0 Å². The second-order valence-electron chi connectivity index (χ2n) is 5.36. The quantitative estimate of drug-likeness (QED) is 0.111. The van der Waals surface area contributed by atoms with Crippen LogP contribution < -0.4 is 0 Å². The van der Waals surface area contributed by atoms with E-state index in [1.807, 2.05) is 6.08 Å². The SMILES string of the molecule is CCCCCCCCCCCC=CC=CC=C(OO)C(=O)O. The lowest BCUT2D eigenvalue weighted by atomic mass is 10.1. The maximum atomic E-state index is 10.5. The molecule has 0 spiro atoms. The molecule has 0 aromatic rings. The maximum Gasteiger partial charge on any atom is 0.375 e. The first-order valence-corrected chi connectivity index (χ1v) is 8.30. The molecule has 0 aliphatic rings. The second kappa shape index (κ2) is 15.8. The van der Waals surface area contributed by atoms with Gasteiger partial charge in [-0.15, -0.1) is 0 Å². The summed E-state index contributed by atoms with van der Waals surface area (Å²) in [7, 11) is 0. The van der Waals surface area contributed by atoms with Crippen molar-refractivity contribution in [2.24, 2.45) is 0 Å². The lowest BCUT2D eigenvalue weighted by Gasteiger charge is -2.00. The Bertz CT molecular complexity index is 356. The summed E-state index contributed by atoms with van der Waals surface area (Å²) in [5, 5.41) is 16.9. The molecule has 0 aliphatic carbocycles. The molecule has 0 atom stereocenters. The van der Waals surface area contributed by atoms with Crippen LogP contribution in [0.4, 0.5) is 0 Å². The topological polar surface area (TPSA) is 66.8 Å². The standard InChI is InChI=1S/C18H30O4/c1-2-3-4-5-6-7-8-9-10-11-12-13-14-15-16-17(22-21)18(19)20/h12-16,21H,2-11H2,1H3,(H,19,20). The predicted molar refractivity (Wildman–Crippen MR) is 89.6 cm³/mol. The first-order chi connectivity index (χ1) is 10.7. The molecule has 0 radical (unpaired) electrons. The van der Waals surface area contributed by atoms with Gasteiger partial charge in [-0.3, -0.25) is 0 Å². The van der Waals surface area contributed by atoms with E-state index >= 15 is 0 Å². The Morgan fingerprint density at radius 1 is 0.909 bits per heavy atom. The summed E-state index contributed by atoms with van der Waals surface area (Å²) < 4.78 is 0. The first-order valence-electron chi connectivity index (χ1n) is 8.30. The van der Waals surface area contributed by atoms with E-state index in [0.717, 1.165) is 6.42 Å². The van der Waals surface area contributed by atoms with Crippen LogP contribution in [0.15, 0.2) is 36.1 Å². The van der Waals surface area contributed by atoms with Gasteiger partial charge in [-0.05, 0) is 18.9 Å². The molecule has 0 fully saturated rings. The van der Waals surface area contributed by atoms with Crippen molar-refractivity contribution in [3.63, 3.8) is 0 Å². The number of carboxylic acids is 1. The molecule has 4 nitrogen and oxygen atoms in total. The average Bonchev–Trinajstić information content (AvgIpc) is 2.51. The van der Waals surface area contributed by atoms with E-state index < -0.39 is 11.7 Å². The number of unbranched alkanes of at least 4 members (excludes halogenated alkanes) is 9. The van der Waals surface area contributed by atoms with Gasteiger partial charge in [0.2, 0.25) is 5.76 Å². The normalized spacial score (nSPS) is 12.4. The van der Waals surface area contributed by atoms with Crippen molar-refractivity contribution in [3.05, 3.63) is 36.1 Å². The van der Waals surface area contributed by atoms with Crippen LogP contribution >= 0.6 is 0 Å². The van der Waals surface area contributed by atoms with Gasteiger partial charge in [-0.2, -0.15) is 0 Å². The van der Waals surface area contributed by atoms with E-state index in [4.69, 9.17) is 10.4 Å². The summed E-state index contributed by atoms with van der Waals surface area (Å²) in [6.45, 7) is 2.24. The van der Waals surface area contributed by atoms with Crippen LogP contribution in [0.25, 0.3) is 0 Å². The van der Waals surface area contributed by atoms with Gasteiger partial charge in [-0.25, -0.2) is 10.1 Å². The summed E-state index contributed by atoms with van der Waals surface area (Å²) in [6.07, 6.45) is 21.3. The van der Waals surface area contributed by atoms with Crippen LogP contribution in [0, 0.1) is 0 Å². The van der Waals surface area contributed by atoms with Gasteiger partial charge < -0.3 is 9.99 Å². The van der Waals surface area contributed by atoms with Crippen molar-refractivity contribution in [3.8, 4) is 0 Å². The minimum atomic E-state index is -1.30. The second-order valence-corrected chi connectivity index (χ2v) is 5.36. The summed E-state index contributed by atoms with van der Waals surface area (Å²) in [6, 6.07) is 0. The van der Waals surface area contributed by atoms with E-state index in [-0.39, 0.29) is 0 Å². The van der Waals surface area contributed by atoms with Crippen LogP contribution in [0.5, 0.6) is 0 Å². The highest BCUT2D eigenvalue weighted by Gasteiger charge is 2.05. The third-order valence-corrected chi connectivity index (χ3v) is 3.39. The Labute approximate surface area is 134 Å². The Hall–Kier alpha value is -1.55. The molecule has 0 aromatic heterocycles. The molecule has 4 heteroatoms. The smallest absolute Gasteiger partial charge is 0.375 e. The fourth-order valence-corrected chi connectivity index (χ4v) is 2.10. The molecule has 0 heterocycles. The van der Waals surface area contributed by atoms with Gasteiger partial charge in [0.05, 0.1) is 0 Å². The van der Waals surface area contributed by atoms with E-state index in [2.05, 4.69) is 17.9 Å². The summed E-state index contributed by atoms with van der Waals surface area (Å²) in [4.78, 5) is 14.2. The largest absolute Gasteiger partial charge is 0.475 e. The van der Waals surface area contributed by atoms with Crippen molar-refractivity contribution in [2.75, 3.05) is 0 Å². The monoisotopic (exact) mass is 310 g/mol. The summed E-state index contributed by atoms with van der Waals surface area (Å²) in [5.41, 5.74) is 0. The van der Waals surface area contributed by atoms with E-state index in [1.165, 1.54) is 69.9 Å². The van der Waals surface area contributed by atoms with E-state index in [0.29, 0.717) is 0 Å². The number of carbonyl (C=O) groups is 1. The Morgan fingerprint density at radius 3 is 2.05 bits per heavy atom. The molecule has 0 saturated heterocycles. The Balaban J connectivity index is 3.50. The third kappa shape index (κ3) is 13.4. The van der Waals surface area contributed by atoms with Gasteiger partial charge in [0.25, 0.3) is 0 Å². The average molecular weight is 310 g/mol. The number of rotatable bonds is 14. The number of allylic oxidation sites excluding steroid dienone is 5. The van der Waals surface area contributed by atoms with Crippen molar-refractivity contribution in [2.45, 2.75) is 71.1 Å². The number of hydrogen-bond donors (Lipinski definition) is 2. The minimum Gasteiger partial charge on any atom is -0.475 e. The molecule has 0 aromatic carbocycles. The minimum absolute atomic E-state index is 0.497. The fourth-order valence-electron chi connectivity index (χ4n) is 2.10. The molecule has 0 bridgehead atoms. The van der Waals surface area contributed by atoms with Crippen molar-refractivity contribution in [1.82, 2.24) is 0 Å². The highest BCUT2D eigenvalue weighted by Crippen LogP contribution is 2.10. The molecule has 0 aliphatic heterocycles. The van der Waals surface area contributed by atoms with Crippen LogP contribution in [0.3, 0.4) is 0 Å². The van der Waals surface area contributed by atoms with Crippen molar-refractivity contribution in [1.29, 1.82) is 0 Å². The molecular weight excluding hydrogens is 280 g/mol. The third-order valence-electron chi connectivity index (χ3n) is 3.39. The zero-order valence-corrected chi connectivity index (χ0v) is 13.7. The van der Waals surface area contributed by atoms with Crippen LogP contribution in [-0.2, 0) is 9.68 Å². The van der Waals surface area contributed by atoms with Crippen LogP contribution in [0.1, 0.15) is 71.1 Å². The molecule has 126 valence electrons. The lowest BCUT2D eigenvalue weighted by Crippen LogP contribution is -2.01. The highest BCUT2D eigenvalue weighted by molar-refractivity contribution is 5.84. The van der Waals surface area contributed by atoms with Crippen molar-refractivity contribution < 1.29 is 20.0 Å². The molecule has 0 unspecified atom stereocenters. The van der Waals surface area contributed by atoms with Gasteiger partial charge in [0.1, 0.15) is 0 Å². The molecule has 0 rings (SSSR count). The summed E-state index contributed by atoms with van der Waals surface area (Å²) >= 11 is 0. The zero-order valence-electron chi connectivity index (χ0n) is 13.7. The highest BCUT2D eigenvalue weighted by atomic mass is 17.1. The number of aliphatic carboxylic acids is 1. The van der Waals surface area contributed by atoms with Gasteiger partial charge in [0.15, 0.2) is 0 Å². The molecule has 2 N–H and O–H groups in total. The van der Waals surface area contributed by atoms with Gasteiger partial charge >= 0.3 is 5.97 Å². The molecule has 0 saturated carbocycles. The molecular formula is C18H30O4. The maximum absolute atomic E-state index is 10.5. The van der Waals surface area contributed by atoms with E-state index in [9.17, 15) is 4.79 Å². The Morgan fingerprint density at radius 2 is 1.50 bits per heavy atom. The predicted octanol–water partition coefficient (Wildman–Crippen LogP) is 5.48. The Kier molecular flexibility index (Phi) is 14.7. The molecule has 0 amide bonds. The van der Waals surface area contributed by atoms with E-state index in [1.54, 1.807) is 6.08 Å².